The molecule has 5 atom stereocenters. The Bertz CT molecular complexity index is 1030. The zero-order valence-corrected chi connectivity index (χ0v) is 20.2. The second-order valence-corrected chi connectivity index (χ2v) is 11.0. The molecule has 1 aromatic rings. The zero-order chi connectivity index (χ0) is 23.4. The minimum atomic E-state index is -0.892. The van der Waals surface area contributed by atoms with Gasteiger partial charge in [0.15, 0.2) is 5.78 Å². The summed E-state index contributed by atoms with van der Waals surface area (Å²) in [5, 5.41) is 21.3. The summed E-state index contributed by atoms with van der Waals surface area (Å²) in [4.78, 5) is 14.3. The van der Waals surface area contributed by atoms with Gasteiger partial charge >= 0.3 is 0 Å². The number of hydrogen-bond donors (Lipinski definition) is 2. The molecule has 0 spiro atoms. The summed E-state index contributed by atoms with van der Waals surface area (Å²) in [6, 6.07) is 8.91. The van der Waals surface area contributed by atoms with Gasteiger partial charge in [-0.2, -0.15) is 0 Å². The largest absolute Gasteiger partial charge is 0.392 e. The Morgan fingerprint density at radius 2 is 1.88 bits per heavy atom. The van der Waals surface area contributed by atoms with Crippen LogP contribution in [-0.4, -0.2) is 42.3 Å². The minimum Gasteiger partial charge on any atom is -0.392 e. The molecule has 0 amide bonds. The number of anilines is 1. The number of allylic oxidation sites excluding steroid dienone is 4. The van der Waals surface area contributed by atoms with E-state index in [1.807, 2.05) is 12.2 Å². The first kappa shape index (κ1) is 22.6. The van der Waals surface area contributed by atoms with E-state index in [9.17, 15) is 15.0 Å². The van der Waals surface area contributed by atoms with Gasteiger partial charge < -0.3 is 15.1 Å². The van der Waals surface area contributed by atoms with Crippen molar-refractivity contribution in [2.24, 2.45) is 17.3 Å². The Hall–Kier alpha value is -2.17. The maximum Gasteiger partial charge on any atom is 0.156 e. The number of hydrogen-bond acceptors (Lipinski definition) is 4. The minimum absolute atomic E-state index is 0.0423. The molecule has 0 heterocycles. The highest BCUT2D eigenvalue weighted by Gasteiger charge is 2.61. The van der Waals surface area contributed by atoms with Gasteiger partial charge in [0.25, 0.3) is 0 Å². The quantitative estimate of drug-likeness (QED) is 0.643. The maximum atomic E-state index is 12.2. The van der Waals surface area contributed by atoms with E-state index in [-0.39, 0.29) is 23.7 Å². The Labute approximate surface area is 197 Å². The van der Waals surface area contributed by atoms with Gasteiger partial charge in [-0.1, -0.05) is 36.8 Å². The summed E-state index contributed by atoms with van der Waals surface area (Å²) >= 11 is 0. The van der Waals surface area contributed by atoms with E-state index in [2.05, 4.69) is 50.2 Å². The molecular weight excluding hydrogens is 410 g/mol. The molecule has 2 N–H and O–H groups in total. The summed E-state index contributed by atoms with van der Waals surface area (Å²) < 4.78 is 0. The fourth-order valence-electron chi connectivity index (χ4n) is 7.52. The highest BCUT2D eigenvalue weighted by atomic mass is 16.3. The number of nitrogens with zero attached hydrogens (tertiary/aromatic N) is 1. The van der Waals surface area contributed by atoms with Crippen molar-refractivity contribution in [3.63, 3.8) is 0 Å². The molecule has 33 heavy (non-hydrogen) atoms. The van der Waals surface area contributed by atoms with Crippen molar-refractivity contribution in [2.45, 2.75) is 63.4 Å². The van der Waals surface area contributed by atoms with Gasteiger partial charge in [0.05, 0.1) is 12.2 Å². The Balaban J connectivity index is 1.65. The van der Waals surface area contributed by atoms with Crippen molar-refractivity contribution < 1.29 is 15.0 Å². The number of benzene rings is 1. The number of carbonyl (C=O) groups is 1. The molecule has 0 aliphatic heterocycles. The van der Waals surface area contributed by atoms with Crippen molar-refractivity contribution in [3.05, 3.63) is 64.8 Å². The van der Waals surface area contributed by atoms with Crippen molar-refractivity contribution in [3.8, 4) is 0 Å². The van der Waals surface area contributed by atoms with Crippen molar-refractivity contribution in [1.82, 2.24) is 0 Å². The lowest BCUT2D eigenvalue weighted by atomic mass is 9.51. The molecule has 176 valence electrons. The van der Waals surface area contributed by atoms with E-state index in [0.29, 0.717) is 18.3 Å². The number of rotatable bonds is 4. The molecule has 0 saturated heterocycles. The van der Waals surface area contributed by atoms with Crippen LogP contribution in [0.25, 0.3) is 0 Å². The number of fused-ring (bicyclic) bond motifs is 4. The average Bonchev–Trinajstić information content (AvgIpc) is 3.07. The first-order chi connectivity index (χ1) is 15.8. The molecule has 4 aliphatic carbocycles. The molecule has 0 aromatic heterocycles. The second kappa shape index (κ2) is 8.25. The highest BCUT2D eigenvalue weighted by molar-refractivity contribution is 5.93. The lowest BCUT2D eigenvalue weighted by Gasteiger charge is -2.54. The zero-order valence-electron chi connectivity index (χ0n) is 20.2. The summed E-state index contributed by atoms with van der Waals surface area (Å²) in [6.07, 6.45) is 11.7. The van der Waals surface area contributed by atoms with Crippen LogP contribution < -0.4 is 4.90 Å². The Morgan fingerprint density at radius 3 is 2.58 bits per heavy atom. The van der Waals surface area contributed by atoms with Crippen LogP contribution in [0.1, 0.15) is 63.4 Å². The summed E-state index contributed by atoms with van der Waals surface area (Å²) in [6.45, 7) is 2.24. The lowest BCUT2D eigenvalue weighted by Crippen LogP contribution is -2.50. The van der Waals surface area contributed by atoms with Gasteiger partial charge in [0.1, 0.15) is 0 Å². The summed E-state index contributed by atoms with van der Waals surface area (Å²) in [7, 11) is 4.12. The molecule has 4 heteroatoms. The molecule has 2 fully saturated rings. The first-order valence-electron chi connectivity index (χ1n) is 12.5. The smallest absolute Gasteiger partial charge is 0.156 e. The fourth-order valence-corrected chi connectivity index (χ4v) is 7.52. The van der Waals surface area contributed by atoms with Crippen molar-refractivity contribution in [2.75, 3.05) is 25.6 Å². The van der Waals surface area contributed by atoms with E-state index >= 15 is 0 Å². The predicted molar refractivity (Wildman–Crippen MR) is 132 cm³/mol. The first-order valence-corrected chi connectivity index (χ1v) is 12.5. The SMILES string of the molecule is CN(C)c1ccc([C@H]2C[C@@]3(C)[C@@H](CC[C@@]3(O)/C=C\CO)[C@H]3CCC4=CC(=O)CCC4=C23)cc1. The molecule has 0 bridgehead atoms. The van der Waals surface area contributed by atoms with E-state index in [0.717, 1.165) is 38.5 Å². The number of aliphatic hydroxyl groups is 2. The molecule has 0 unspecified atom stereocenters. The average molecular weight is 448 g/mol. The van der Waals surface area contributed by atoms with Crippen molar-refractivity contribution >= 4 is 11.5 Å². The topological polar surface area (TPSA) is 60.8 Å². The van der Waals surface area contributed by atoms with Gasteiger partial charge in [-0.15, -0.1) is 0 Å². The van der Waals surface area contributed by atoms with Crippen molar-refractivity contribution in [1.29, 1.82) is 0 Å². The fraction of sp³-hybridized carbons (Fsp3) is 0.552. The van der Waals surface area contributed by atoms with Gasteiger partial charge in [-0.3, -0.25) is 4.79 Å². The number of carbonyl (C=O) groups excluding carboxylic acids is 1. The second-order valence-electron chi connectivity index (χ2n) is 11.0. The Kier molecular flexibility index (Phi) is 5.65. The van der Waals surface area contributed by atoms with Crippen LogP contribution in [0.5, 0.6) is 0 Å². The van der Waals surface area contributed by atoms with Crippen LogP contribution in [-0.2, 0) is 4.79 Å². The van der Waals surface area contributed by atoms with Crippen LogP contribution in [0.3, 0.4) is 0 Å². The van der Waals surface area contributed by atoms with Gasteiger partial charge in [-0.25, -0.2) is 0 Å². The van der Waals surface area contributed by atoms with Gasteiger partial charge in [0, 0.05) is 37.5 Å². The van der Waals surface area contributed by atoms with Gasteiger partial charge in [-0.05, 0) is 85.3 Å². The third kappa shape index (κ3) is 3.54. The molecule has 2 saturated carbocycles. The highest BCUT2D eigenvalue weighted by Crippen LogP contribution is 2.67. The predicted octanol–water partition coefficient (Wildman–Crippen LogP) is 4.93. The molecule has 1 aromatic carbocycles. The Morgan fingerprint density at radius 1 is 1.12 bits per heavy atom. The third-order valence-electron chi connectivity index (χ3n) is 9.26. The monoisotopic (exact) mass is 447 g/mol. The maximum absolute atomic E-state index is 12.2. The van der Waals surface area contributed by atoms with E-state index in [1.165, 1.54) is 22.4 Å². The summed E-state index contributed by atoms with van der Waals surface area (Å²) in [5.41, 5.74) is 5.62. The molecule has 4 aliphatic rings. The molecular formula is C29H37NO3. The standard InChI is InChI=1S/C29H37NO3/c1-28-18-25(19-5-8-21(9-6-19)30(2)3)27-23-12-10-22(32)17-20(23)7-11-24(27)26(28)13-15-29(28,33)14-4-16-31/h4-6,8-9,14,17,24-26,31,33H,7,10-13,15-16,18H2,1-3H3/b14-4-/t24-,25-,26+,28+,29+/m1/s1. The van der Waals surface area contributed by atoms with E-state index in [1.54, 1.807) is 11.6 Å². The third-order valence-corrected chi connectivity index (χ3v) is 9.26. The number of aliphatic hydroxyl groups excluding tert-OH is 1. The molecule has 5 rings (SSSR count). The van der Waals surface area contributed by atoms with Crippen LogP contribution in [0.4, 0.5) is 5.69 Å². The van der Waals surface area contributed by atoms with Crippen LogP contribution in [0, 0.1) is 17.3 Å². The van der Waals surface area contributed by atoms with E-state index in [4.69, 9.17) is 0 Å². The molecule has 4 nitrogen and oxygen atoms in total. The van der Waals surface area contributed by atoms with Gasteiger partial charge in [0.2, 0.25) is 0 Å². The number of ketones is 1. The van der Waals surface area contributed by atoms with Crippen LogP contribution in [0.15, 0.2) is 59.2 Å². The van der Waals surface area contributed by atoms with Crippen LogP contribution >= 0.6 is 0 Å². The van der Waals surface area contributed by atoms with E-state index < -0.39 is 5.60 Å². The normalized spacial score (nSPS) is 35.8. The lowest BCUT2D eigenvalue weighted by molar-refractivity contribution is -0.114. The molecule has 0 radical (unpaired) electrons. The summed E-state index contributed by atoms with van der Waals surface area (Å²) in [5.74, 6) is 1.38. The van der Waals surface area contributed by atoms with Crippen LogP contribution in [0.2, 0.25) is 0 Å².